The van der Waals surface area contributed by atoms with E-state index in [0.717, 1.165) is 31.0 Å². The third-order valence-electron chi connectivity index (χ3n) is 4.46. The van der Waals surface area contributed by atoms with E-state index in [-0.39, 0.29) is 0 Å². The summed E-state index contributed by atoms with van der Waals surface area (Å²) in [4.78, 5) is 6.66. The molecule has 1 aromatic carbocycles. The number of benzene rings is 1. The Kier molecular flexibility index (Phi) is 5.78. The average molecular weight is 370 g/mol. The van der Waals surface area contributed by atoms with E-state index in [1.807, 2.05) is 24.4 Å². The van der Waals surface area contributed by atoms with Crippen molar-refractivity contribution in [3.05, 3.63) is 53.6 Å². The van der Waals surface area contributed by atoms with Gasteiger partial charge in [-0.1, -0.05) is 0 Å². The summed E-state index contributed by atoms with van der Waals surface area (Å²) in [5.74, 6) is 1.26. The molecule has 3 rings (SSSR count). The molecule has 0 unspecified atom stereocenters. The Bertz CT molecular complexity index is 878. The summed E-state index contributed by atoms with van der Waals surface area (Å²) in [6, 6.07) is 8.21. The number of aromatic nitrogens is 3. The highest BCUT2D eigenvalue weighted by molar-refractivity contribution is 7.13. The maximum absolute atomic E-state index is 4.29. The van der Waals surface area contributed by atoms with E-state index >= 15 is 0 Å². The minimum absolute atomic E-state index is 0.692. The number of aryl methyl sites for hydroxylation is 2. The molecule has 0 saturated carbocycles. The Hall–Kier alpha value is -2.54. The van der Waals surface area contributed by atoms with Crippen LogP contribution in [-0.2, 0) is 13.6 Å². The number of imidazole rings is 1. The summed E-state index contributed by atoms with van der Waals surface area (Å²) in [5.41, 5.74) is 3.01. The highest BCUT2D eigenvalue weighted by Crippen LogP contribution is 2.24. The van der Waals surface area contributed by atoms with Gasteiger partial charge in [0.05, 0.1) is 25.0 Å². The molecular weight excluding hydrogens is 344 g/mol. The molecule has 0 atom stereocenters. The molecule has 0 fully saturated rings. The fourth-order valence-electron chi connectivity index (χ4n) is 2.75. The molecule has 3 aromatic rings. The summed E-state index contributed by atoms with van der Waals surface area (Å²) in [6.45, 7) is 9.17. The second kappa shape index (κ2) is 8.23. The van der Waals surface area contributed by atoms with Crippen LogP contribution in [0.1, 0.15) is 18.4 Å². The summed E-state index contributed by atoms with van der Waals surface area (Å²) >= 11 is 1.50. The van der Waals surface area contributed by atoms with Crippen molar-refractivity contribution in [1.29, 1.82) is 0 Å². The molecule has 0 aliphatic carbocycles. The van der Waals surface area contributed by atoms with Crippen molar-refractivity contribution in [3.8, 4) is 0 Å². The van der Waals surface area contributed by atoms with Gasteiger partial charge in [0.25, 0.3) is 5.82 Å². The Morgan fingerprint density at radius 1 is 1.19 bits per heavy atom. The maximum atomic E-state index is 4.29. The van der Waals surface area contributed by atoms with Crippen molar-refractivity contribution in [2.45, 2.75) is 27.3 Å². The second-order valence-corrected chi connectivity index (χ2v) is 7.05. The van der Waals surface area contributed by atoms with Crippen molar-refractivity contribution in [2.75, 3.05) is 18.0 Å². The number of hydrogen-bond acceptors (Lipinski definition) is 5. The lowest BCUT2D eigenvalue weighted by Gasteiger charge is -2.22. The lowest BCUT2D eigenvalue weighted by molar-refractivity contribution is -0.677. The predicted molar refractivity (Wildman–Crippen MR) is 106 cm³/mol. The molecule has 2 heterocycles. The fourth-order valence-corrected chi connectivity index (χ4v) is 3.36. The monoisotopic (exact) mass is 369 g/mol. The van der Waals surface area contributed by atoms with Gasteiger partial charge < -0.3 is 4.90 Å². The van der Waals surface area contributed by atoms with E-state index in [9.17, 15) is 0 Å². The zero-order valence-electron chi connectivity index (χ0n) is 15.8. The Morgan fingerprint density at radius 3 is 2.54 bits per heavy atom. The van der Waals surface area contributed by atoms with Crippen LogP contribution >= 0.6 is 11.3 Å². The third kappa shape index (κ3) is 4.35. The molecule has 136 valence electrons. The first kappa shape index (κ1) is 18.3. The largest absolute Gasteiger partial charge is 0.368 e. The number of thiazole rings is 1. The lowest BCUT2D eigenvalue weighted by Crippen LogP contribution is -2.31. The molecule has 7 heteroatoms. The van der Waals surface area contributed by atoms with Gasteiger partial charge in [-0.15, -0.1) is 21.6 Å². The van der Waals surface area contributed by atoms with Crippen LogP contribution < -0.4 is 9.47 Å². The van der Waals surface area contributed by atoms with Crippen LogP contribution in [0.15, 0.2) is 52.3 Å². The highest BCUT2D eigenvalue weighted by Gasteiger charge is 2.11. The van der Waals surface area contributed by atoms with E-state index in [1.165, 1.54) is 22.8 Å². The number of rotatable bonds is 7. The van der Waals surface area contributed by atoms with Crippen molar-refractivity contribution in [2.24, 2.45) is 17.3 Å². The maximum Gasteiger partial charge on any atom is 0.253 e. The predicted octanol–water partition coefficient (Wildman–Crippen LogP) is 4.33. The van der Waals surface area contributed by atoms with Gasteiger partial charge >= 0.3 is 0 Å². The summed E-state index contributed by atoms with van der Waals surface area (Å²) in [6.07, 6.45) is 4.22. The van der Waals surface area contributed by atoms with Gasteiger partial charge in [0, 0.05) is 24.5 Å². The first-order valence-electron chi connectivity index (χ1n) is 8.77. The van der Waals surface area contributed by atoms with Crippen molar-refractivity contribution < 1.29 is 4.57 Å². The molecule has 6 nitrogen and oxygen atoms in total. The van der Waals surface area contributed by atoms with E-state index in [1.54, 1.807) is 0 Å². The molecule has 0 radical (unpaired) electrons. The molecule has 26 heavy (non-hydrogen) atoms. The minimum Gasteiger partial charge on any atom is -0.368 e. The second-order valence-electron chi connectivity index (χ2n) is 6.22. The molecule has 0 amide bonds. The number of anilines is 1. The molecule has 0 spiro atoms. The first-order chi connectivity index (χ1) is 12.6. The molecule has 0 N–H and O–H groups in total. The van der Waals surface area contributed by atoms with Gasteiger partial charge in [-0.2, -0.15) is 0 Å². The summed E-state index contributed by atoms with van der Waals surface area (Å²) < 4.78 is 4.42. The quantitative estimate of drug-likeness (QED) is 0.460. The average Bonchev–Trinajstić information content (AvgIpc) is 3.21. The van der Waals surface area contributed by atoms with E-state index < -0.39 is 0 Å². The van der Waals surface area contributed by atoms with Crippen LogP contribution in [0.25, 0.3) is 0 Å². The van der Waals surface area contributed by atoms with Crippen molar-refractivity contribution in [1.82, 2.24) is 9.55 Å². The zero-order chi connectivity index (χ0) is 18.5. The molecule has 0 aliphatic rings. The van der Waals surface area contributed by atoms with Crippen LogP contribution in [0, 0.1) is 13.8 Å². The van der Waals surface area contributed by atoms with E-state index in [0.29, 0.717) is 5.13 Å². The smallest absolute Gasteiger partial charge is 0.253 e. The number of likely N-dealkylation sites (N-methyl/N-ethyl adjacent to an activating group) is 1. The van der Waals surface area contributed by atoms with Crippen LogP contribution in [0.4, 0.5) is 16.5 Å². The molecular formula is C19H25N6S+. The molecule has 0 aliphatic heterocycles. The Morgan fingerprint density at radius 2 is 1.96 bits per heavy atom. The van der Waals surface area contributed by atoms with Gasteiger partial charge in [0.1, 0.15) is 18.9 Å². The number of nitrogens with zero attached hydrogens (tertiary/aromatic N) is 6. The summed E-state index contributed by atoms with van der Waals surface area (Å²) in [5, 5.41) is 11.1. The van der Waals surface area contributed by atoms with E-state index in [4.69, 9.17) is 0 Å². The molecule has 0 bridgehead atoms. The van der Waals surface area contributed by atoms with Crippen LogP contribution in [0.2, 0.25) is 0 Å². The molecule has 0 saturated heterocycles. The highest BCUT2D eigenvalue weighted by atomic mass is 32.1. The van der Waals surface area contributed by atoms with Crippen LogP contribution in [0.3, 0.4) is 0 Å². The van der Waals surface area contributed by atoms with Gasteiger partial charge in [0.15, 0.2) is 0 Å². The van der Waals surface area contributed by atoms with Crippen molar-refractivity contribution in [3.63, 3.8) is 0 Å². The SMILES string of the molecule is CCN(CCn1cc[n+](C)c1C)c1ccc(N=Nc2nc(C)cs2)cc1. The van der Waals surface area contributed by atoms with Crippen molar-refractivity contribution >= 4 is 27.8 Å². The Balaban J connectivity index is 1.63. The number of azo groups is 1. The van der Waals surface area contributed by atoms with Gasteiger partial charge in [-0.05, 0) is 38.1 Å². The standard InChI is InChI=1S/C19H25N6S/c1-5-24(12-13-25-11-10-23(4)16(25)3)18-8-6-17(7-9-18)21-22-19-20-15(2)14-26-19/h6-11,14H,5,12-13H2,1-4H3/q+1. The van der Waals surface area contributed by atoms with Gasteiger partial charge in [0.2, 0.25) is 5.13 Å². The van der Waals surface area contributed by atoms with E-state index in [2.05, 4.69) is 74.7 Å². The lowest BCUT2D eigenvalue weighted by atomic mass is 10.2. The van der Waals surface area contributed by atoms with Crippen LogP contribution in [-0.4, -0.2) is 22.6 Å². The topological polar surface area (TPSA) is 49.7 Å². The van der Waals surface area contributed by atoms with Gasteiger partial charge in [-0.3, -0.25) is 0 Å². The third-order valence-corrected chi connectivity index (χ3v) is 5.30. The van der Waals surface area contributed by atoms with Crippen LogP contribution in [0.5, 0.6) is 0 Å². The van der Waals surface area contributed by atoms with Gasteiger partial charge in [-0.25, -0.2) is 14.1 Å². The molecule has 2 aromatic heterocycles. The zero-order valence-corrected chi connectivity index (χ0v) is 16.6. The summed E-state index contributed by atoms with van der Waals surface area (Å²) in [7, 11) is 2.07. The fraction of sp³-hybridized carbons (Fsp3) is 0.368. The minimum atomic E-state index is 0.692. The normalized spacial score (nSPS) is 11.4. The number of hydrogen-bond donors (Lipinski definition) is 0. The Labute approximate surface area is 158 Å². The first-order valence-corrected chi connectivity index (χ1v) is 9.65.